The maximum Gasteiger partial charge on any atom is 0.267 e. The van der Waals surface area contributed by atoms with E-state index in [1.165, 1.54) is 0 Å². The first-order valence-electron chi connectivity index (χ1n) is 10.7. The number of nitrogens with one attached hydrogen (secondary N) is 4. The third-order valence-electron chi connectivity index (χ3n) is 5.17. The standard InChI is InChI=1S/C25H23N7O/c1-15(2)29-25(33)22-11-17-6-7-18(12-21(17)31-22)24-26-9-8-23(32-24)30-20-5-3-4-16(10-20)19-13-27-28-14-19/h3-15,31H,1-2H3,(H,27,28)(H,29,33)(H,26,30,32). The highest BCUT2D eigenvalue weighted by Gasteiger charge is 2.12. The van der Waals surface area contributed by atoms with Crippen LogP contribution in [0.4, 0.5) is 11.5 Å². The smallest absolute Gasteiger partial charge is 0.267 e. The minimum atomic E-state index is -0.122. The number of carbonyl (C=O) groups excluding carboxylic acids is 1. The van der Waals surface area contributed by atoms with Crippen LogP contribution in [0.3, 0.4) is 0 Å². The van der Waals surface area contributed by atoms with Gasteiger partial charge in [-0.15, -0.1) is 0 Å². The van der Waals surface area contributed by atoms with Crippen molar-refractivity contribution in [3.8, 4) is 22.5 Å². The van der Waals surface area contributed by atoms with Crippen LogP contribution in [0.1, 0.15) is 24.3 Å². The second-order valence-corrected chi connectivity index (χ2v) is 8.07. The Kier molecular flexibility index (Phi) is 5.32. The molecule has 1 amide bonds. The summed E-state index contributed by atoms with van der Waals surface area (Å²) in [6.45, 7) is 3.87. The van der Waals surface area contributed by atoms with E-state index in [0.29, 0.717) is 17.3 Å². The van der Waals surface area contributed by atoms with Crippen LogP contribution in [0.2, 0.25) is 0 Å². The Morgan fingerprint density at radius 3 is 2.73 bits per heavy atom. The summed E-state index contributed by atoms with van der Waals surface area (Å²) in [4.78, 5) is 24.6. The number of benzene rings is 2. The molecule has 0 fully saturated rings. The lowest BCUT2D eigenvalue weighted by Crippen LogP contribution is -2.30. The van der Waals surface area contributed by atoms with Crippen molar-refractivity contribution in [3.05, 3.63) is 78.9 Å². The van der Waals surface area contributed by atoms with E-state index in [0.717, 1.165) is 33.3 Å². The normalized spacial score (nSPS) is 11.1. The molecule has 164 valence electrons. The predicted molar refractivity (Wildman–Crippen MR) is 129 cm³/mol. The molecule has 0 bridgehead atoms. The van der Waals surface area contributed by atoms with Gasteiger partial charge in [0, 0.05) is 46.2 Å². The molecule has 5 rings (SSSR count). The summed E-state index contributed by atoms with van der Waals surface area (Å²) in [5.41, 5.74) is 5.23. The Hall–Kier alpha value is -4.46. The predicted octanol–water partition coefficient (Wildman–Crippen LogP) is 4.90. The van der Waals surface area contributed by atoms with Crippen molar-refractivity contribution in [1.29, 1.82) is 0 Å². The van der Waals surface area contributed by atoms with Crippen LogP contribution < -0.4 is 10.6 Å². The highest BCUT2D eigenvalue weighted by atomic mass is 16.1. The highest BCUT2D eigenvalue weighted by Crippen LogP contribution is 2.26. The number of aromatic amines is 2. The van der Waals surface area contributed by atoms with E-state index >= 15 is 0 Å². The fraction of sp³-hybridized carbons (Fsp3) is 0.120. The fourth-order valence-electron chi connectivity index (χ4n) is 3.63. The van der Waals surface area contributed by atoms with Gasteiger partial charge in [-0.2, -0.15) is 5.10 Å². The van der Waals surface area contributed by atoms with Gasteiger partial charge in [0.1, 0.15) is 11.5 Å². The molecule has 0 saturated heterocycles. The summed E-state index contributed by atoms with van der Waals surface area (Å²) >= 11 is 0. The maximum absolute atomic E-state index is 12.3. The van der Waals surface area contributed by atoms with Gasteiger partial charge in [-0.05, 0) is 49.7 Å². The van der Waals surface area contributed by atoms with Crippen LogP contribution in [-0.4, -0.2) is 37.1 Å². The molecule has 0 aliphatic carbocycles. The molecule has 0 unspecified atom stereocenters. The summed E-state index contributed by atoms with van der Waals surface area (Å²) in [5, 5.41) is 14.1. The van der Waals surface area contributed by atoms with Gasteiger partial charge >= 0.3 is 0 Å². The number of aromatic nitrogens is 5. The Balaban J connectivity index is 1.40. The van der Waals surface area contributed by atoms with Crippen LogP contribution in [0.25, 0.3) is 33.4 Å². The van der Waals surface area contributed by atoms with Crippen LogP contribution in [0.15, 0.2) is 73.2 Å². The first-order chi connectivity index (χ1) is 16.0. The van der Waals surface area contributed by atoms with E-state index < -0.39 is 0 Å². The summed E-state index contributed by atoms with van der Waals surface area (Å²) in [5.74, 6) is 1.16. The first-order valence-corrected chi connectivity index (χ1v) is 10.7. The van der Waals surface area contributed by atoms with E-state index in [1.807, 2.05) is 74.6 Å². The summed E-state index contributed by atoms with van der Waals surface area (Å²) in [6.07, 6.45) is 5.37. The zero-order valence-corrected chi connectivity index (χ0v) is 18.3. The molecular weight excluding hydrogens is 414 g/mol. The van der Waals surface area contributed by atoms with Gasteiger partial charge in [-0.25, -0.2) is 9.97 Å². The van der Waals surface area contributed by atoms with E-state index in [9.17, 15) is 4.79 Å². The molecular formula is C25H23N7O. The van der Waals surface area contributed by atoms with Crippen molar-refractivity contribution in [2.75, 3.05) is 5.32 Å². The second-order valence-electron chi connectivity index (χ2n) is 8.07. The largest absolute Gasteiger partial charge is 0.351 e. The van der Waals surface area contributed by atoms with E-state index in [4.69, 9.17) is 0 Å². The minimum Gasteiger partial charge on any atom is -0.351 e. The van der Waals surface area contributed by atoms with E-state index in [2.05, 4.69) is 35.8 Å². The highest BCUT2D eigenvalue weighted by molar-refractivity contribution is 5.98. The van der Waals surface area contributed by atoms with Gasteiger partial charge in [0.15, 0.2) is 5.82 Å². The minimum absolute atomic E-state index is 0.0727. The molecule has 33 heavy (non-hydrogen) atoms. The molecule has 0 aliphatic rings. The van der Waals surface area contributed by atoms with Gasteiger partial charge in [-0.1, -0.05) is 24.3 Å². The lowest BCUT2D eigenvalue weighted by atomic mass is 10.1. The monoisotopic (exact) mass is 437 g/mol. The van der Waals surface area contributed by atoms with E-state index in [-0.39, 0.29) is 11.9 Å². The molecule has 0 radical (unpaired) electrons. The molecule has 4 N–H and O–H groups in total. The number of amides is 1. The van der Waals surface area contributed by atoms with Crippen LogP contribution in [0, 0.1) is 0 Å². The molecule has 5 aromatic rings. The van der Waals surface area contributed by atoms with E-state index in [1.54, 1.807) is 12.4 Å². The first kappa shape index (κ1) is 20.4. The second kappa shape index (κ2) is 8.58. The maximum atomic E-state index is 12.3. The Morgan fingerprint density at radius 2 is 1.91 bits per heavy atom. The average Bonchev–Trinajstić information content (AvgIpc) is 3.49. The van der Waals surface area contributed by atoms with Crippen molar-refractivity contribution in [2.24, 2.45) is 0 Å². The lowest BCUT2D eigenvalue weighted by Gasteiger charge is -2.08. The van der Waals surface area contributed by atoms with Gasteiger partial charge in [-0.3, -0.25) is 9.89 Å². The Bertz CT molecular complexity index is 1420. The third-order valence-corrected chi connectivity index (χ3v) is 5.17. The van der Waals surface area contributed by atoms with Crippen LogP contribution >= 0.6 is 0 Å². The number of anilines is 2. The van der Waals surface area contributed by atoms with Crippen molar-refractivity contribution in [2.45, 2.75) is 19.9 Å². The van der Waals surface area contributed by atoms with Crippen molar-refractivity contribution < 1.29 is 4.79 Å². The molecule has 8 heteroatoms. The van der Waals surface area contributed by atoms with Gasteiger partial charge in [0.05, 0.1) is 6.20 Å². The van der Waals surface area contributed by atoms with Crippen molar-refractivity contribution >= 4 is 28.3 Å². The van der Waals surface area contributed by atoms with Gasteiger partial charge in [0.2, 0.25) is 0 Å². The number of nitrogens with zero attached hydrogens (tertiary/aromatic N) is 3. The molecule has 3 heterocycles. The SMILES string of the molecule is CC(C)NC(=O)c1cc2ccc(-c3nccc(Nc4cccc(-c5cn[nH]c5)c4)n3)cc2[nH]1. The van der Waals surface area contributed by atoms with Gasteiger partial charge in [0.25, 0.3) is 5.91 Å². The number of H-pyrrole nitrogens is 2. The fourth-order valence-corrected chi connectivity index (χ4v) is 3.63. The molecule has 0 spiro atoms. The Morgan fingerprint density at radius 1 is 1.00 bits per heavy atom. The molecule has 3 aromatic heterocycles. The van der Waals surface area contributed by atoms with Crippen LogP contribution in [-0.2, 0) is 0 Å². The quantitative estimate of drug-likeness (QED) is 0.302. The number of rotatable bonds is 6. The molecule has 2 aromatic carbocycles. The number of carbonyl (C=O) groups is 1. The van der Waals surface area contributed by atoms with Gasteiger partial charge < -0.3 is 15.6 Å². The molecule has 0 aliphatic heterocycles. The number of fused-ring (bicyclic) bond motifs is 1. The Labute approximate surface area is 190 Å². The lowest BCUT2D eigenvalue weighted by molar-refractivity contribution is 0.0939. The molecule has 0 saturated carbocycles. The van der Waals surface area contributed by atoms with Crippen molar-refractivity contribution in [1.82, 2.24) is 30.5 Å². The average molecular weight is 438 g/mol. The summed E-state index contributed by atoms with van der Waals surface area (Å²) < 4.78 is 0. The molecule has 8 nitrogen and oxygen atoms in total. The molecule has 0 atom stereocenters. The number of hydrogen-bond acceptors (Lipinski definition) is 5. The number of hydrogen-bond donors (Lipinski definition) is 4. The third kappa shape index (κ3) is 4.45. The van der Waals surface area contributed by atoms with Crippen LogP contribution in [0.5, 0.6) is 0 Å². The van der Waals surface area contributed by atoms with Crippen molar-refractivity contribution in [3.63, 3.8) is 0 Å². The zero-order chi connectivity index (χ0) is 22.8. The summed E-state index contributed by atoms with van der Waals surface area (Å²) in [6, 6.07) is 17.7. The zero-order valence-electron chi connectivity index (χ0n) is 18.3. The topological polar surface area (TPSA) is 111 Å². The summed E-state index contributed by atoms with van der Waals surface area (Å²) in [7, 11) is 0.